The third kappa shape index (κ3) is 5.82. The number of aryl methyl sites for hydroxylation is 1. The number of hydrogen-bond acceptors (Lipinski definition) is 6. The lowest BCUT2D eigenvalue weighted by Gasteiger charge is -2.26. The van der Waals surface area contributed by atoms with E-state index in [0.29, 0.717) is 40.8 Å². The van der Waals surface area contributed by atoms with Gasteiger partial charge in [-0.3, -0.25) is 14.6 Å². The molecule has 0 aliphatic carbocycles. The van der Waals surface area contributed by atoms with E-state index in [-0.39, 0.29) is 23.8 Å². The van der Waals surface area contributed by atoms with Crippen molar-refractivity contribution >= 4 is 17.4 Å². The van der Waals surface area contributed by atoms with Crippen LogP contribution in [-0.4, -0.2) is 40.4 Å². The van der Waals surface area contributed by atoms with Crippen molar-refractivity contribution in [3.63, 3.8) is 0 Å². The van der Waals surface area contributed by atoms with Gasteiger partial charge in [-0.25, -0.2) is 0 Å². The van der Waals surface area contributed by atoms with Crippen LogP contribution < -0.4 is 9.47 Å². The average molecular weight is 529 g/mol. The SMILES string of the molecule is COc1cc(C)c(/C(O)=C2\C(=O)C(=O)N(Cc3ccccn3)C2c2cccc(OCC(C)C)c2)cc1C(C)C. The van der Waals surface area contributed by atoms with E-state index in [1.54, 1.807) is 25.4 Å². The van der Waals surface area contributed by atoms with Crippen molar-refractivity contribution < 1.29 is 24.2 Å². The summed E-state index contributed by atoms with van der Waals surface area (Å²) in [5, 5.41) is 11.7. The molecule has 2 heterocycles. The number of aliphatic hydroxyl groups is 1. The van der Waals surface area contributed by atoms with E-state index in [1.807, 2.05) is 63.2 Å². The fourth-order valence-corrected chi connectivity index (χ4v) is 4.82. The van der Waals surface area contributed by atoms with Crippen LogP contribution in [0.15, 0.2) is 66.4 Å². The Morgan fingerprint density at radius 2 is 1.82 bits per heavy atom. The Kier molecular flexibility index (Phi) is 8.38. The van der Waals surface area contributed by atoms with E-state index in [0.717, 1.165) is 11.1 Å². The molecule has 0 bridgehead atoms. The van der Waals surface area contributed by atoms with Crippen LogP contribution in [0.25, 0.3) is 5.76 Å². The van der Waals surface area contributed by atoms with Crippen LogP contribution in [0, 0.1) is 12.8 Å². The average Bonchev–Trinajstić information content (AvgIpc) is 3.16. The zero-order chi connectivity index (χ0) is 28.3. The molecular formula is C32H36N2O5. The van der Waals surface area contributed by atoms with Gasteiger partial charge in [-0.15, -0.1) is 0 Å². The van der Waals surface area contributed by atoms with Crippen molar-refractivity contribution in [2.45, 2.75) is 53.1 Å². The van der Waals surface area contributed by atoms with Gasteiger partial charge in [0.2, 0.25) is 0 Å². The van der Waals surface area contributed by atoms with Crippen molar-refractivity contribution in [2.24, 2.45) is 5.92 Å². The molecule has 0 spiro atoms. The Bertz CT molecular complexity index is 1390. The molecule has 7 heteroatoms. The molecule has 204 valence electrons. The van der Waals surface area contributed by atoms with Crippen LogP contribution in [0.4, 0.5) is 0 Å². The summed E-state index contributed by atoms with van der Waals surface area (Å²) in [7, 11) is 1.61. The number of ketones is 1. The summed E-state index contributed by atoms with van der Waals surface area (Å²) >= 11 is 0. The fraction of sp³-hybridized carbons (Fsp3) is 0.344. The predicted molar refractivity (Wildman–Crippen MR) is 151 cm³/mol. The van der Waals surface area contributed by atoms with Gasteiger partial charge in [0.05, 0.1) is 37.6 Å². The summed E-state index contributed by atoms with van der Waals surface area (Å²) in [5.74, 6) is 0.158. The maximum Gasteiger partial charge on any atom is 0.296 e. The third-order valence-corrected chi connectivity index (χ3v) is 6.81. The van der Waals surface area contributed by atoms with Gasteiger partial charge >= 0.3 is 0 Å². The summed E-state index contributed by atoms with van der Waals surface area (Å²) in [6, 6.07) is 15.7. The smallest absolute Gasteiger partial charge is 0.296 e. The van der Waals surface area contributed by atoms with Crippen LogP contribution in [-0.2, 0) is 16.1 Å². The quantitative estimate of drug-likeness (QED) is 0.203. The number of hydrogen-bond donors (Lipinski definition) is 1. The highest BCUT2D eigenvalue weighted by atomic mass is 16.5. The molecule has 39 heavy (non-hydrogen) atoms. The molecule has 4 rings (SSSR count). The van der Waals surface area contributed by atoms with Crippen LogP contribution in [0.1, 0.15) is 67.6 Å². The number of carbonyl (C=O) groups is 2. The minimum absolute atomic E-state index is 0.0416. The summed E-state index contributed by atoms with van der Waals surface area (Å²) in [4.78, 5) is 32.9. The molecule has 1 aliphatic heterocycles. The topological polar surface area (TPSA) is 89.0 Å². The molecule has 1 unspecified atom stereocenters. The van der Waals surface area contributed by atoms with Crippen LogP contribution >= 0.6 is 0 Å². The number of amides is 1. The van der Waals surface area contributed by atoms with Crippen LogP contribution in [0.2, 0.25) is 0 Å². The van der Waals surface area contributed by atoms with E-state index in [1.165, 1.54) is 4.90 Å². The lowest BCUT2D eigenvalue weighted by atomic mass is 9.91. The molecule has 1 amide bonds. The first-order chi connectivity index (χ1) is 18.6. The van der Waals surface area contributed by atoms with E-state index in [2.05, 4.69) is 18.8 Å². The summed E-state index contributed by atoms with van der Waals surface area (Å²) in [5.41, 5.74) is 3.47. The van der Waals surface area contributed by atoms with Gasteiger partial charge < -0.3 is 19.5 Å². The number of Topliss-reactive ketones (excluding diaryl/α,β-unsaturated/α-hetero) is 1. The molecule has 7 nitrogen and oxygen atoms in total. The Balaban J connectivity index is 1.90. The number of benzene rings is 2. The zero-order valence-corrected chi connectivity index (χ0v) is 23.4. The molecule has 1 atom stereocenters. The number of rotatable bonds is 9. The highest BCUT2D eigenvalue weighted by molar-refractivity contribution is 6.46. The first kappa shape index (κ1) is 27.9. The molecule has 1 N–H and O–H groups in total. The molecule has 1 aliphatic rings. The Hall–Kier alpha value is -4.13. The molecule has 0 radical (unpaired) electrons. The lowest BCUT2D eigenvalue weighted by Crippen LogP contribution is -2.29. The van der Waals surface area contributed by atoms with Gasteiger partial charge in [0, 0.05) is 11.8 Å². The van der Waals surface area contributed by atoms with E-state index in [4.69, 9.17) is 9.47 Å². The molecule has 3 aromatic rings. The van der Waals surface area contributed by atoms with Crippen molar-refractivity contribution in [3.05, 3.63) is 94.3 Å². The number of aromatic nitrogens is 1. The normalized spacial score (nSPS) is 16.8. The van der Waals surface area contributed by atoms with E-state index in [9.17, 15) is 14.7 Å². The molecule has 1 saturated heterocycles. The third-order valence-electron chi connectivity index (χ3n) is 6.81. The van der Waals surface area contributed by atoms with Crippen molar-refractivity contribution in [1.29, 1.82) is 0 Å². The molecule has 1 fully saturated rings. The molecular weight excluding hydrogens is 492 g/mol. The summed E-state index contributed by atoms with van der Waals surface area (Å²) < 4.78 is 11.5. The number of likely N-dealkylation sites (tertiary alicyclic amines) is 1. The van der Waals surface area contributed by atoms with Gasteiger partial charge in [0.15, 0.2) is 0 Å². The van der Waals surface area contributed by atoms with E-state index < -0.39 is 17.7 Å². The summed E-state index contributed by atoms with van der Waals surface area (Å²) in [6.45, 7) is 10.7. The molecule has 1 aromatic heterocycles. The van der Waals surface area contributed by atoms with Crippen LogP contribution in [0.3, 0.4) is 0 Å². The van der Waals surface area contributed by atoms with Gasteiger partial charge in [-0.2, -0.15) is 0 Å². The minimum Gasteiger partial charge on any atom is -0.507 e. The predicted octanol–water partition coefficient (Wildman–Crippen LogP) is 6.18. The molecule has 2 aromatic carbocycles. The number of methoxy groups -OCH3 is 1. The second-order valence-electron chi connectivity index (χ2n) is 10.6. The number of carbonyl (C=O) groups excluding carboxylic acids is 2. The van der Waals surface area contributed by atoms with Crippen molar-refractivity contribution in [2.75, 3.05) is 13.7 Å². The minimum atomic E-state index is -0.821. The van der Waals surface area contributed by atoms with Crippen molar-refractivity contribution in [3.8, 4) is 11.5 Å². The summed E-state index contributed by atoms with van der Waals surface area (Å²) in [6.07, 6.45) is 1.65. The largest absolute Gasteiger partial charge is 0.507 e. The number of aliphatic hydroxyl groups excluding tert-OH is 1. The monoisotopic (exact) mass is 528 g/mol. The van der Waals surface area contributed by atoms with Crippen LogP contribution in [0.5, 0.6) is 11.5 Å². The van der Waals surface area contributed by atoms with Gasteiger partial charge in [0.25, 0.3) is 11.7 Å². The first-order valence-electron chi connectivity index (χ1n) is 13.2. The first-order valence-corrected chi connectivity index (χ1v) is 13.2. The lowest BCUT2D eigenvalue weighted by molar-refractivity contribution is -0.140. The number of ether oxygens (including phenoxy) is 2. The second kappa shape index (κ2) is 11.7. The standard InChI is InChI=1S/C32H36N2O5/c1-19(2)18-39-24-12-9-10-22(15-24)29-28(31(36)32(37)34(29)17-23-11-7-8-13-33-23)30(35)26-16-25(20(3)4)27(38-6)14-21(26)5/h7-16,19-20,29,35H,17-18H2,1-6H3/b30-28+. The highest BCUT2D eigenvalue weighted by Crippen LogP contribution is 2.42. The van der Waals surface area contributed by atoms with E-state index >= 15 is 0 Å². The van der Waals surface area contributed by atoms with Gasteiger partial charge in [0.1, 0.15) is 17.3 Å². The Labute approximate surface area is 230 Å². The number of nitrogens with zero attached hydrogens (tertiary/aromatic N) is 2. The Morgan fingerprint density at radius 3 is 2.46 bits per heavy atom. The highest BCUT2D eigenvalue weighted by Gasteiger charge is 2.46. The maximum absolute atomic E-state index is 13.6. The molecule has 0 saturated carbocycles. The number of pyridine rings is 1. The second-order valence-corrected chi connectivity index (χ2v) is 10.6. The Morgan fingerprint density at radius 1 is 1.05 bits per heavy atom. The fourth-order valence-electron chi connectivity index (χ4n) is 4.82. The maximum atomic E-state index is 13.6. The van der Waals surface area contributed by atoms with Crippen molar-refractivity contribution in [1.82, 2.24) is 9.88 Å². The zero-order valence-electron chi connectivity index (χ0n) is 23.4. The van der Waals surface area contributed by atoms with Gasteiger partial charge in [-0.05, 0) is 71.8 Å². The van der Waals surface area contributed by atoms with Gasteiger partial charge in [-0.1, -0.05) is 45.9 Å².